The Labute approximate surface area is 161 Å². The minimum absolute atomic E-state index is 0.00963. The number of rotatable bonds is 5. The molecule has 7 nitrogen and oxygen atoms in total. The number of nitrogens with one attached hydrogen (secondary N) is 2. The topological polar surface area (TPSA) is 101 Å². The van der Waals surface area contributed by atoms with Crippen LogP contribution in [0.4, 0.5) is 11.6 Å². The van der Waals surface area contributed by atoms with E-state index < -0.39 is 19.8 Å². The molecule has 0 unspecified atom stereocenters. The molecule has 1 aliphatic carbocycles. The summed E-state index contributed by atoms with van der Waals surface area (Å²) in [5.41, 5.74) is 0.224. The summed E-state index contributed by atoms with van der Waals surface area (Å²) in [6, 6.07) is 7.38. The molecule has 1 amide bonds. The predicted octanol–water partition coefficient (Wildman–Crippen LogP) is 3.11. The average molecular weight is 415 g/mol. The number of alkyl halides is 2. The molecule has 2 aromatic rings. The van der Waals surface area contributed by atoms with Crippen molar-refractivity contribution in [1.29, 1.82) is 0 Å². The molecule has 1 aromatic heterocycles. The van der Waals surface area contributed by atoms with Gasteiger partial charge in [-0.2, -0.15) is 0 Å². The molecule has 0 radical (unpaired) electrons. The van der Waals surface area contributed by atoms with Crippen LogP contribution < -0.4 is 10.0 Å². The van der Waals surface area contributed by atoms with E-state index in [-0.39, 0.29) is 16.8 Å². The Morgan fingerprint density at radius 2 is 1.81 bits per heavy atom. The fourth-order valence-electron chi connectivity index (χ4n) is 2.31. The van der Waals surface area contributed by atoms with Crippen LogP contribution in [0.25, 0.3) is 0 Å². The van der Waals surface area contributed by atoms with Crippen molar-refractivity contribution in [3.63, 3.8) is 0 Å². The molecule has 0 aliphatic heterocycles. The van der Waals surface area contributed by atoms with E-state index >= 15 is 0 Å². The normalized spacial score (nSPS) is 21.1. The molecule has 0 spiro atoms. The van der Waals surface area contributed by atoms with Crippen LogP contribution in [0.5, 0.6) is 0 Å². The summed E-state index contributed by atoms with van der Waals surface area (Å²) in [5.74, 6) is -0.325. The lowest BCUT2D eigenvalue weighted by atomic mass is 10.1. The van der Waals surface area contributed by atoms with E-state index in [1.807, 2.05) is 0 Å². The van der Waals surface area contributed by atoms with E-state index in [1.165, 1.54) is 30.5 Å². The fraction of sp³-hybridized carbons (Fsp3) is 0.312. The number of carbonyl (C=O) groups excluding carboxylic acids is 1. The summed E-state index contributed by atoms with van der Waals surface area (Å²) in [4.78, 5) is 20.1. The van der Waals surface area contributed by atoms with Gasteiger partial charge in [0.15, 0.2) is 0 Å². The number of anilines is 2. The van der Waals surface area contributed by atoms with E-state index in [1.54, 1.807) is 19.9 Å². The Morgan fingerprint density at radius 1 is 1.19 bits per heavy atom. The molecule has 3 rings (SSSR count). The lowest BCUT2D eigenvalue weighted by molar-refractivity contribution is -0.120. The third kappa shape index (κ3) is 3.62. The van der Waals surface area contributed by atoms with Crippen LogP contribution in [-0.2, 0) is 14.8 Å². The molecular formula is C16H16Cl2N4O3S. The van der Waals surface area contributed by atoms with E-state index in [0.29, 0.717) is 17.8 Å². The lowest BCUT2D eigenvalue weighted by Crippen LogP contribution is -2.26. The van der Waals surface area contributed by atoms with Crippen molar-refractivity contribution in [3.8, 4) is 0 Å². The van der Waals surface area contributed by atoms with Crippen molar-refractivity contribution < 1.29 is 13.2 Å². The quantitative estimate of drug-likeness (QED) is 0.731. The summed E-state index contributed by atoms with van der Waals surface area (Å²) >= 11 is 12.0. The Hall–Kier alpha value is -1.90. The minimum atomic E-state index is -3.84. The molecule has 1 atom stereocenters. The first kappa shape index (κ1) is 18.9. The fourth-order valence-corrected chi connectivity index (χ4v) is 3.97. The van der Waals surface area contributed by atoms with Gasteiger partial charge in [0.05, 0.1) is 10.3 Å². The van der Waals surface area contributed by atoms with E-state index in [9.17, 15) is 13.2 Å². The Kier molecular flexibility index (Phi) is 4.62. The van der Waals surface area contributed by atoms with Crippen LogP contribution in [0.3, 0.4) is 0 Å². The Morgan fingerprint density at radius 3 is 2.35 bits per heavy atom. The number of aromatic nitrogens is 2. The standard InChI is InChI=1S/C16H16Cl2N4O3S/c1-10-7-8-19-14(20-10)22-26(24,25)12-5-3-11(4-6-12)21-13(23)15(2)9-16(15,17)18/h3-8H,9H2,1-2H3,(H,21,23)(H,19,20,22)/t15-/m1/s1. The second kappa shape index (κ2) is 6.37. The smallest absolute Gasteiger partial charge is 0.264 e. The van der Waals surface area contributed by atoms with E-state index in [4.69, 9.17) is 23.2 Å². The van der Waals surface area contributed by atoms with Gasteiger partial charge in [-0.25, -0.2) is 23.1 Å². The third-order valence-corrected chi connectivity index (χ3v) is 6.65. The highest BCUT2D eigenvalue weighted by atomic mass is 35.5. The lowest BCUT2D eigenvalue weighted by Gasteiger charge is -2.13. The number of hydrogen-bond donors (Lipinski definition) is 2. The van der Waals surface area contributed by atoms with Gasteiger partial charge in [-0.05, 0) is 50.6 Å². The molecule has 1 aliphatic rings. The number of sulfonamides is 1. The number of amides is 1. The molecule has 0 saturated heterocycles. The van der Waals surface area contributed by atoms with Gasteiger partial charge in [0.25, 0.3) is 10.0 Å². The highest BCUT2D eigenvalue weighted by molar-refractivity contribution is 7.92. The number of halogens is 2. The SMILES string of the molecule is Cc1ccnc(NS(=O)(=O)c2ccc(NC(=O)[C@@]3(C)CC3(Cl)Cl)cc2)n1. The molecule has 0 bridgehead atoms. The molecule has 1 fully saturated rings. The molecule has 2 N–H and O–H groups in total. The Balaban J connectivity index is 1.72. The third-order valence-electron chi connectivity index (χ3n) is 4.20. The van der Waals surface area contributed by atoms with Crippen molar-refractivity contribution in [2.45, 2.75) is 29.5 Å². The van der Waals surface area contributed by atoms with Crippen LogP contribution in [-0.4, -0.2) is 28.6 Å². The summed E-state index contributed by atoms with van der Waals surface area (Å²) < 4.78 is 26.0. The molecular weight excluding hydrogens is 399 g/mol. The maximum Gasteiger partial charge on any atom is 0.264 e. The van der Waals surface area contributed by atoms with Gasteiger partial charge >= 0.3 is 0 Å². The second-order valence-electron chi connectivity index (χ2n) is 6.32. The van der Waals surface area contributed by atoms with Crippen molar-refractivity contribution >= 4 is 50.8 Å². The summed E-state index contributed by atoms with van der Waals surface area (Å²) in [5, 5.41) is 2.69. The van der Waals surface area contributed by atoms with Crippen LogP contribution in [0.1, 0.15) is 19.0 Å². The molecule has 1 aromatic carbocycles. The van der Waals surface area contributed by atoms with Crippen LogP contribution in [0.2, 0.25) is 0 Å². The average Bonchev–Trinajstić information content (AvgIpc) is 3.07. The first-order valence-electron chi connectivity index (χ1n) is 7.65. The van der Waals surface area contributed by atoms with Gasteiger partial charge in [-0.15, -0.1) is 23.2 Å². The van der Waals surface area contributed by atoms with Crippen molar-refractivity contribution in [2.24, 2.45) is 5.41 Å². The van der Waals surface area contributed by atoms with Crippen LogP contribution >= 0.6 is 23.2 Å². The zero-order valence-electron chi connectivity index (χ0n) is 14.0. The zero-order chi connectivity index (χ0) is 19.2. The van der Waals surface area contributed by atoms with E-state index in [0.717, 1.165) is 0 Å². The minimum Gasteiger partial charge on any atom is -0.326 e. The monoisotopic (exact) mass is 414 g/mol. The molecule has 138 valence electrons. The number of hydrogen-bond acceptors (Lipinski definition) is 5. The molecule has 1 heterocycles. The maximum atomic E-state index is 12.4. The zero-order valence-corrected chi connectivity index (χ0v) is 16.3. The van der Waals surface area contributed by atoms with Gasteiger partial charge < -0.3 is 5.32 Å². The van der Waals surface area contributed by atoms with Gasteiger partial charge in [0.2, 0.25) is 11.9 Å². The van der Waals surface area contributed by atoms with Gasteiger partial charge in [-0.1, -0.05) is 0 Å². The van der Waals surface area contributed by atoms with Gasteiger partial charge in [0, 0.05) is 17.6 Å². The summed E-state index contributed by atoms with van der Waals surface area (Å²) in [7, 11) is -3.84. The molecule has 10 heteroatoms. The molecule has 1 saturated carbocycles. The van der Waals surface area contributed by atoms with Crippen molar-refractivity contribution in [3.05, 3.63) is 42.2 Å². The summed E-state index contributed by atoms with van der Waals surface area (Å²) in [6.45, 7) is 3.40. The Bertz CT molecular complexity index is 964. The summed E-state index contributed by atoms with van der Waals surface area (Å²) in [6.07, 6.45) is 1.83. The van der Waals surface area contributed by atoms with Gasteiger partial charge in [-0.3, -0.25) is 4.79 Å². The van der Waals surface area contributed by atoms with E-state index in [2.05, 4.69) is 20.0 Å². The first-order valence-corrected chi connectivity index (χ1v) is 9.89. The first-order chi connectivity index (χ1) is 12.0. The highest BCUT2D eigenvalue weighted by Crippen LogP contribution is 2.64. The largest absolute Gasteiger partial charge is 0.326 e. The number of carbonyl (C=O) groups is 1. The number of aryl methyl sites for hydroxylation is 1. The van der Waals surface area contributed by atoms with Crippen LogP contribution in [0, 0.1) is 12.3 Å². The second-order valence-corrected chi connectivity index (χ2v) is 9.49. The predicted molar refractivity (Wildman–Crippen MR) is 99.8 cm³/mol. The van der Waals surface area contributed by atoms with Crippen molar-refractivity contribution in [1.82, 2.24) is 9.97 Å². The highest BCUT2D eigenvalue weighted by Gasteiger charge is 2.67. The number of benzene rings is 1. The number of nitrogens with zero attached hydrogens (tertiary/aromatic N) is 2. The van der Waals surface area contributed by atoms with Crippen LogP contribution in [0.15, 0.2) is 41.4 Å². The maximum absolute atomic E-state index is 12.4. The van der Waals surface area contributed by atoms with Gasteiger partial charge in [0.1, 0.15) is 4.33 Å². The van der Waals surface area contributed by atoms with Crippen molar-refractivity contribution in [2.75, 3.05) is 10.0 Å². The molecule has 26 heavy (non-hydrogen) atoms.